The minimum atomic E-state index is -4.47. The molecule has 4 nitrogen and oxygen atoms in total. The highest BCUT2D eigenvalue weighted by molar-refractivity contribution is 7.09. The second-order valence-electron chi connectivity index (χ2n) is 4.01. The van der Waals surface area contributed by atoms with Gasteiger partial charge in [0.05, 0.1) is 21.9 Å². The first-order valence-electron chi connectivity index (χ1n) is 5.47. The highest BCUT2D eigenvalue weighted by atomic mass is 32.1. The summed E-state index contributed by atoms with van der Waals surface area (Å²) >= 11 is 1.30. The lowest BCUT2D eigenvalue weighted by atomic mass is 10.1. The molecule has 0 aliphatic heterocycles. The molecule has 0 atom stereocenters. The van der Waals surface area contributed by atoms with Crippen molar-refractivity contribution in [1.82, 2.24) is 4.98 Å². The predicted octanol–water partition coefficient (Wildman–Crippen LogP) is 3.30. The van der Waals surface area contributed by atoms with Crippen molar-refractivity contribution in [1.29, 1.82) is 0 Å². The summed E-state index contributed by atoms with van der Waals surface area (Å²) in [6.07, 6.45) is -4.47. The molecule has 1 aromatic heterocycles. The fourth-order valence-corrected chi connectivity index (χ4v) is 2.10. The molecular formula is C12H10F3N3OS. The smallest absolute Gasteiger partial charge is 0.397 e. The number of thiazole rings is 1. The molecule has 0 radical (unpaired) electrons. The number of aromatic nitrogens is 1. The van der Waals surface area contributed by atoms with Crippen LogP contribution in [0.5, 0.6) is 0 Å². The normalized spacial score (nSPS) is 11.4. The molecule has 0 unspecified atom stereocenters. The quantitative estimate of drug-likeness (QED) is 0.836. The van der Waals surface area contributed by atoms with Crippen molar-refractivity contribution >= 4 is 28.6 Å². The molecule has 3 N–H and O–H groups in total. The van der Waals surface area contributed by atoms with E-state index in [9.17, 15) is 18.0 Å². The number of halogens is 3. The van der Waals surface area contributed by atoms with Crippen molar-refractivity contribution in [2.24, 2.45) is 0 Å². The van der Waals surface area contributed by atoms with Crippen LogP contribution in [0.4, 0.5) is 24.5 Å². The fraction of sp³-hybridized carbons (Fsp3) is 0.167. The summed E-state index contributed by atoms with van der Waals surface area (Å²) in [6, 6.07) is 2.76. The van der Waals surface area contributed by atoms with Crippen LogP contribution in [0.3, 0.4) is 0 Å². The zero-order chi connectivity index (χ0) is 14.9. The standard InChI is InChI=1S/C12H10F3N3OS/c1-6-17-10(5-20-6)11(19)18-9-3-2-7(4-8(9)16)12(13,14)15/h2-5H,16H2,1H3,(H,18,19). The predicted molar refractivity (Wildman–Crippen MR) is 70.7 cm³/mol. The van der Waals surface area contributed by atoms with Gasteiger partial charge in [-0.15, -0.1) is 11.3 Å². The Morgan fingerprint density at radius 3 is 2.60 bits per heavy atom. The Morgan fingerprint density at radius 2 is 2.10 bits per heavy atom. The first-order chi connectivity index (χ1) is 9.27. The number of alkyl halides is 3. The Kier molecular flexibility index (Phi) is 3.67. The van der Waals surface area contributed by atoms with Gasteiger partial charge in [-0.1, -0.05) is 0 Å². The number of nitrogens with two attached hydrogens (primary N) is 1. The van der Waals surface area contributed by atoms with Crippen molar-refractivity contribution in [2.45, 2.75) is 13.1 Å². The van der Waals surface area contributed by atoms with E-state index in [1.807, 2.05) is 0 Å². The van der Waals surface area contributed by atoms with Gasteiger partial charge in [-0.2, -0.15) is 13.2 Å². The Labute approximate surface area is 116 Å². The number of aryl methyl sites for hydroxylation is 1. The maximum Gasteiger partial charge on any atom is 0.416 e. The van der Waals surface area contributed by atoms with Crippen LogP contribution in [0, 0.1) is 6.92 Å². The number of anilines is 2. The summed E-state index contributed by atoms with van der Waals surface area (Å²) < 4.78 is 37.4. The van der Waals surface area contributed by atoms with Gasteiger partial charge in [0, 0.05) is 5.38 Å². The summed E-state index contributed by atoms with van der Waals surface area (Å²) in [6.45, 7) is 1.74. The summed E-state index contributed by atoms with van der Waals surface area (Å²) in [5, 5.41) is 4.71. The second kappa shape index (κ2) is 5.12. The SMILES string of the molecule is Cc1nc(C(=O)Nc2ccc(C(F)(F)F)cc2N)cs1. The van der Waals surface area contributed by atoms with E-state index in [-0.39, 0.29) is 17.1 Å². The zero-order valence-corrected chi connectivity index (χ0v) is 11.1. The molecule has 106 valence electrons. The molecule has 0 aliphatic rings. The molecule has 2 rings (SSSR count). The third kappa shape index (κ3) is 3.08. The summed E-state index contributed by atoms with van der Waals surface area (Å²) in [4.78, 5) is 15.8. The molecule has 1 amide bonds. The van der Waals surface area contributed by atoms with Crippen LogP contribution in [-0.2, 0) is 6.18 Å². The second-order valence-corrected chi connectivity index (χ2v) is 5.07. The monoisotopic (exact) mass is 301 g/mol. The van der Waals surface area contributed by atoms with Crippen molar-refractivity contribution in [3.05, 3.63) is 39.8 Å². The highest BCUT2D eigenvalue weighted by Gasteiger charge is 2.30. The van der Waals surface area contributed by atoms with Crippen LogP contribution in [-0.4, -0.2) is 10.9 Å². The van der Waals surface area contributed by atoms with Gasteiger partial charge in [0.1, 0.15) is 5.69 Å². The van der Waals surface area contributed by atoms with Crippen LogP contribution in [0.15, 0.2) is 23.6 Å². The van der Waals surface area contributed by atoms with E-state index in [0.29, 0.717) is 0 Å². The van der Waals surface area contributed by atoms with Crippen molar-refractivity contribution in [2.75, 3.05) is 11.1 Å². The Balaban J connectivity index is 2.20. The summed E-state index contributed by atoms with van der Waals surface area (Å²) in [5.41, 5.74) is 4.82. The molecule has 0 fully saturated rings. The van der Waals surface area contributed by atoms with E-state index >= 15 is 0 Å². The van der Waals surface area contributed by atoms with Crippen molar-refractivity contribution in [3.63, 3.8) is 0 Å². The minimum absolute atomic E-state index is 0.119. The number of hydrogen-bond donors (Lipinski definition) is 2. The molecule has 1 heterocycles. The average Bonchev–Trinajstić information content (AvgIpc) is 2.77. The average molecular weight is 301 g/mol. The van der Waals surface area contributed by atoms with Gasteiger partial charge >= 0.3 is 6.18 Å². The van der Waals surface area contributed by atoms with E-state index in [1.165, 1.54) is 11.3 Å². The van der Waals surface area contributed by atoms with E-state index in [1.54, 1.807) is 12.3 Å². The van der Waals surface area contributed by atoms with E-state index in [4.69, 9.17) is 5.73 Å². The van der Waals surface area contributed by atoms with E-state index in [2.05, 4.69) is 10.3 Å². The van der Waals surface area contributed by atoms with Crippen LogP contribution in [0.2, 0.25) is 0 Å². The summed E-state index contributed by atoms with van der Waals surface area (Å²) in [5.74, 6) is -0.513. The number of nitrogens with one attached hydrogen (secondary N) is 1. The number of nitrogens with zero attached hydrogens (tertiary/aromatic N) is 1. The van der Waals surface area contributed by atoms with E-state index in [0.717, 1.165) is 23.2 Å². The molecule has 2 aromatic rings. The van der Waals surface area contributed by atoms with Gasteiger partial charge < -0.3 is 11.1 Å². The Bertz CT molecular complexity index is 652. The van der Waals surface area contributed by atoms with Crippen LogP contribution in [0.25, 0.3) is 0 Å². The topological polar surface area (TPSA) is 68.0 Å². The number of rotatable bonds is 2. The number of nitrogen functional groups attached to an aromatic ring is 1. The van der Waals surface area contributed by atoms with Gasteiger partial charge in [0.2, 0.25) is 0 Å². The molecule has 1 aromatic carbocycles. The molecule has 0 saturated heterocycles. The zero-order valence-electron chi connectivity index (χ0n) is 10.3. The first-order valence-corrected chi connectivity index (χ1v) is 6.35. The number of benzene rings is 1. The lowest BCUT2D eigenvalue weighted by molar-refractivity contribution is -0.137. The molecule has 0 bridgehead atoms. The first kappa shape index (κ1) is 14.3. The molecule has 0 spiro atoms. The van der Waals surface area contributed by atoms with E-state index < -0.39 is 17.6 Å². The lowest BCUT2D eigenvalue weighted by Crippen LogP contribution is -2.14. The fourth-order valence-electron chi connectivity index (χ4n) is 1.51. The van der Waals surface area contributed by atoms with Gasteiger partial charge in [0.15, 0.2) is 0 Å². The molecule has 20 heavy (non-hydrogen) atoms. The van der Waals surface area contributed by atoms with Crippen molar-refractivity contribution < 1.29 is 18.0 Å². The molecule has 8 heteroatoms. The van der Waals surface area contributed by atoms with Gasteiger partial charge in [-0.25, -0.2) is 4.98 Å². The van der Waals surface area contributed by atoms with Crippen LogP contribution in [0.1, 0.15) is 21.1 Å². The van der Waals surface area contributed by atoms with Crippen molar-refractivity contribution in [3.8, 4) is 0 Å². The number of carbonyl (C=O) groups excluding carboxylic acids is 1. The Hall–Kier alpha value is -2.09. The van der Waals surface area contributed by atoms with Crippen LogP contribution < -0.4 is 11.1 Å². The molecule has 0 saturated carbocycles. The Morgan fingerprint density at radius 1 is 1.40 bits per heavy atom. The third-order valence-electron chi connectivity index (χ3n) is 2.48. The van der Waals surface area contributed by atoms with Gasteiger partial charge in [-0.3, -0.25) is 4.79 Å². The molecule has 0 aliphatic carbocycles. The summed E-state index contributed by atoms with van der Waals surface area (Å²) in [7, 11) is 0. The van der Waals surface area contributed by atoms with Crippen LogP contribution >= 0.6 is 11.3 Å². The lowest BCUT2D eigenvalue weighted by Gasteiger charge is -2.11. The third-order valence-corrected chi connectivity index (χ3v) is 3.25. The number of amides is 1. The van der Waals surface area contributed by atoms with Gasteiger partial charge in [0.25, 0.3) is 5.91 Å². The maximum absolute atomic E-state index is 12.5. The molecular weight excluding hydrogens is 291 g/mol. The largest absolute Gasteiger partial charge is 0.416 e. The number of hydrogen-bond acceptors (Lipinski definition) is 4. The van der Waals surface area contributed by atoms with Gasteiger partial charge in [-0.05, 0) is 25.1 Å². The maximum atomic E-state index is 12.5. The minimum Gasteiger partial charge on any atom is -0.397 e. The number of carbonyl (C=O) groups is 1. The highest BCUT2D eigenvalue weighted by Crippen LogP contribution is 2.32.